The molecular weight excluding hydrogens is 316 g/mol. The van der Waals surface area contributed by atoms with Gasteiger partial charge in [-0.15, -0.1) is 0 Å². The van der Waals surface area contributed by atoms with Gasteiger partial charge in [-0.1, -0.05) is 49.6 Å². The molecule has 2 aromatic rings. The number of amides is 2. The minimum Gasteiger partial charge on any atom is -0.410 e. The molecule has 1 aliphatic carbocycles. The number of primary amides is 1. The fraction of sp³-hybridized carbons (Fsp3) is 0.300. The zero-order chi connectivity index (χ0) is 17.6. The lowest BCUT2D eigenvalue weighted by Crippen LogP contribution is -2.37. The molecule has 0 saturated heterocycles. The highest BCUT2D eigenvalue weighted by Gasteiger charge is 2.17. The summed E-state index contributed by atoms with van der Waals surface area (Å²) in [6.07, 6.45) is 5.08. The summed E-state index contributed by atoms with van der Waals surface area (Å²) >= 11 is 0. The van der Waals surface area contributed by atoms with Gasteiger partial charge in [-0.3, -0.25) is 4.79 Å². The van der Waals surface area contributed by atoms with Gasteiger partial charge in [-0.25, -0.2) is 4.79 Å². The summed E-state index contributed by atoms with van der Waals surface area (Å²) in [5.74, 6) is -0.0537. The van der Waals surface area contributed by atoms with E-state index in [1.807, 2.05) is 18.2 Å². The number of benzene rings is 2. The number of hydrogen-bond donors (Lipinski definition) is 2. The second-order valence-corrected chi connectivity index (χ2v) is 6.31. The molecule has 1 saturated carbocycles. The van der Waals surface area contributed by atoms with E-state index in [2.05, 4.69) is 5.32 Å². The van der Waals surface area contributed by atoms with Crippen LogP contribution in [-0.2, 0) is 0 Å². The maximum absolute atomic E-state index is 12.1. The van der Waals surface area contributed by atoms with Gasteiger partial charge in [0.1, 0.15) is 5.75 Å². The molecule has 0 aliphatic heterocycles. The lowest BCUT2D eigenvalue weighted by Gasteiger charge is -2.22. The Balaban J connectivity index is 1.73. The molecule has 1 fully saturated rings. The van der Waals surface area contributed by atoms with Crippen molar-refractivity contribution in [3.8, 4) is 16.9 Å². The van der Waals surface area contributed by atoms with Crippen LogP contribution in [0.15, 0.2) is 48.5 Å². The molecule has 0 aromatic heterocycles. The predicted molar refractivity (Wildman–Crippen MR) is 96.4 cm³/mol. The second kappa shape index (κ2) is 7.83. The molecule has 0 unspecified atom stereocenters. The van der Waals surface area contributed by atoms with Crippen LogP contribution in [0.25, 0.3) is 11.1 Å². The van der Waals surface area contributed by atoms with E-state index >= 15 is 0 Å². The van der Waals surface area contributed by atoms with E-state index in [-0.39, 0.29) is 6.04 Å². The van der Waals surface area contributed by atoms with Gasteiger partial charge >= 0.3 is 6.09 Å². The van der Waals surface area contributed by atoms with Crippen LogP contribution in [0.1, 0.15) is 42.5 Å². The molecule has 0 atom stereocenters. The first kappa shape index (κ1) is 17.0. The number of nitrogens with two attached hydrogens (primary N) is 1. The van der Waals surface area contributed by atoms with Crippen LogP contribution in [0.5, 0.6) is 5.75 Å². The van der Waals surface area contributed by atoms with Crippen LogP contribution in [0, 0.1) is 0 Å². The highest BCUT2D eigenvalue weighted by molar-refractivity contribution is 5.99. The van der Waals surface area contributed by atoms with Crippen LogP contribution >= 0.6 is 0 Å². The molecular formula is C20H22N2O3. The maximum Gasteiger partial charge on any atom is 0.412 e. The molecule has 1 aliphatic rings. The van der Waals surface area contributed by atoms with Crippen molar-refractivity contribution in [3.05, 3.63) is 54.1 Å². The van der Waals surface area contributed by atoms with E-state index in [0.29, 0.717) is 16.9 Å². The van der Waals surface area contributed by atoms with Crippen molar-refractivity contribution in [2.24, 2.45) is 5.73 Å². The summed E-state index contributed by atoms with van der Waals surface area (Å²) in [5.41, 5.74) is 7.37. The van der Waals surface area contributed by atoms with Gasteiger partial charge in [0.05, 0.1) is 0 Å². The highest BCUT2D eigenvalue weighted by Crippen LogP contribution is 2.27. The van der Waals surface area contributed by atoms with Crippen molar-refractivity contribution in [1.29, 1.82) is 0 Å². The maximum atomic E-state index is 12.1. The van der Waals surface area contributed by atoms with Crippen molar-refractivity contribution in [3.63, 3.8) is 0 Å². The fourth-order valence-electron chi connectivity index (χ4n) is 3.23. The summed E-state index contributed by atoms with van der Waals surface area (Å²) in [6.45, 7) is 0. The number of hydrogen-bond acceptors (Lipinski definition) is 3. The lowest BCUT2D eigenvalue weighted by molar-refractivity contribution is 0.100. The van der Waals surface area contributed by atoms with Gasteiger partial charge in [0.15, 0.2) is 0 Å². The molecule has 3 N–H and O–H groups in total. The van der Waals surface area contributed by atoms with Crippen molar-refractivity contribution in [2.75, 3.05) is 0 Å². The first-order valence-electron chi connectivity index (χ1n) is 8.61. The first-order chi connectivity index (χ1) is 12.1. The van der Waals surface area contributed by atoms with E-state index in [4.69, 9.17) is 10.5 Å². The Hall–Kier alpha value is -2.82. The van der Waals surface area contributed by atoms with Gasteiger partial charge in [0.2, 0.25) is 5.91 Å². The Morgan fingerprint density at radius 1 is 1.00 bits per heavy atom. The van der Waals surface area contributed by atoms with Gasteiger partial charge in [0, 0.05) is 11.6 Å². The van der Waals surface area contributed by atoms with Crippen LogP contribution in [0.4, 0.5) is 4.79 Å². The third kappa shape index (κ3) is 4.38. The van der Waals surface area contributed by atoms with Crippen LogP contribution in [-0.4, -0.2) is 18.0 Å². The number of ether oxygens (including phenoxy) is 1. The summed E-state index contributed by atoms with van der Waals surface area (Å²) in [7, 11) is 0. The summed E-state index contributed by atoms with van der Waals surface area (Å²) < 4.78 is 5.41. The Morgan fingerprint density at radius 3 is 2.52 bits per heavy atom. The van der Waals surface area contributed by atoms with E-state index in [1.54, 1.807) is 30.3 Å². The van der Waals surface area contributed by atoms with E-state index in [9.17, 15) is 9.59 Å². The SMILES string of the molecule is NC(=O)c1ccccc1-c1cccc(OC(=O)NC2CCCCC2)c1. The average molecular weight is 338 g/mol. The van der Waals surface area contributed by atoms with Gasteiger partial charge in [0.25, 0.3) is 0 Å². The first-order valence-corrected chi connectivity index (χ1v) is 8.61. The fourth-order valence-corrected chi connectivity index (χ4v) is 3.23. The number of carbonyl (C=O) groups is 2. The minimum absolute atomic E-state index is 0.194. The Bertz CT molecular complexity index is 767. The van der Waals surface area contributed by atoms with Crippen LogP contribution in [0.2, 0.25) is 0 Å². The summed E-state index contributed by atoms with van der Waals surface area (Å²) in [5, 5.41) is 2.92. The zero-order valence-corrected chi connectivity index (χ0v) is 14.0. The van der Waals surface area contributed by atoms with E-state index in [1.165, 1.54) is 6.42 Å². The smallest absolute Gasteiger partial charge is 0.410 e. The van der Waals surface area contributed by atoms with E-state index < -0.39 is 12.0 Å². The standard InChI is InChI=1S/C20H22N2O3/c21-19(23)18-12-5-4-11-17(18)14-7-6-10-16(13-14)25-20(24)22-15-8-2-1-3-9-15/h4-7,10-13,15H,1-3,8-9H2,(H2,21,23)(H,22,24). The molecule has 0 spiro atoms. The highest BCUT2D eigenvalue weighted by atomic mass is 16.6. The minimum atomic E-state index is -0.489. The summed E-state index contributed by atoms with van der Waals surface area (Å²) in [4.78, 5) is 23.7. The molecule has 0 radical (unpaired) electrons. The normalized spacial score (nSPS) is 14.7. The summed E-state index contributed by atoms with van der Waals surface area (Å²) in [6, 6.07) is 14.4. The Morgan fingerprint density at radius 2 is 1.76 bits per heavy atom. The molecule has 0 heterocycles. The lowest BCUT2D eigenvalue weighted by atomic mass is 9.96. The van der Waals surface area contributed by atoms with Crippen LogP contribution < -0.4 is 15.8 Å². The number of nitrogens with one attached hydrogen (secondary N) is 1. The predicted octanol–water partition coefficient (Wildman–Crippen LogP) is 3.87. The molecule has 3 rings (SSSR count). The van der Waals surface area contributed by atoms with Gasteiger partial charge in [-0.05, 0) is 42.2 Å². The molecule has 5 nitrogen and oxygen atoms in total. The van der Waals surface area contributed by atoms with Crippen molar-refractivity contribution in [2.45, 2.75) is 38.1 Å². The second-order valence-electron chi connectivity index (χ2n) is 6.31. The van der Waals surface area contributed by atoms with Crippen molar-refractivity contribution >= 4 is 12.0 Å². The molecule has 2 aromatic carbocycles. The van der Waals surface area contributed by atoms with Gasteiger partial charge < -0.3 is 15.8 Å². The Labute approximate surface area is 147 Å². The monoisotopic (exact) mass is 338 g/mol. The van der Waals surface area contributed by atoms with Crippen molar-refractivity contribution < 1.29 is 14.3 Å². The average Bonchev–Trinajstić information content (AvgIpc) is 2.62. The molecule has 5 heteroatoms. The number of carbonyl (C=O) groups excluding carboxylic acids is 2. The third-order valence-corrected chi connectivity index (χ3v) is 4.48. The van der Waals surface area contributed by atoms with Crippen molar-refractivity contribution in [1.82, 2.24) is 5.32 Å². The molecule has 130 valence electrons. The molecule has 25 heavy (non-hydrogen) atoms. The topological polar surface area (TPSA) is 81.4 Å². The van der Waals surface area contributed by atoms with Gasteiger partial charge in [-0.2, -0.15) is 0 Å². The Kier molecular flexibility index (Phi) is 5.33. The largest absolute Gasteiger partial charge is 0.412 e. The molecule has 0 bridgehead atoms. The van der Waals surface area contributed by atoms with E-state index in [0.717, 1.165) is 31.2 Å². The van der Waals surface area contributed by atoms with Crippen LogP contribution in [0.3, 0.4) is 0 Å². The number of rotatable bonds is 4. The third-order valence-electron chi connectivity index (χ3n) is 4.48. The quantitative estimate of drug-likeness (QED) is 0.888. The molecule has 2 amide bonds. The zero-order valence-electron chi connectivity index (χ0n) is 14.0.